The molecule has 2 heterocycles. The van der Waals surface area contributed by atoms with E-state index in [4.69, 9.17) is 11.6 Å². The van der Waals surface area contributed by atoms with E-state index in [1.807, 2.05) is 25.1 Å². The van der Waals surface area contributed by atoms with Gasteiger partial charge in [-0.2, -0.15) is 0 Å². The summed E-state index contributed by atoms with van der Waals surface area (Å²) in [5.74, 6) is 0.0952. The van der Waals surface area contributed by atoms with Gasteiger partial charge in [0, 0.05) is 30.2 Å². The SMILES string of the molecule is CCC(C)c1ccccc1N1CC(C(=O)N(CC)Cc2nc3cc(Cl)ccc3c(=O)[nH]2)CC1=O. The first-order chi connectivity index (χ1) is 16.3. The summed E-state index contributed by atoms with van der Waals surface area (Å²) in [5.41, 5.74) is 2.22. The molecule has 1 fully saturated rings. The van der Waals surface area contributed by atoms with Gasteiger partial charge in [0.2, 0.25) is 11.8 Å². The van der Waals surface area contributed by atoms with Crippen LogP contribution in [0.5, 0.6) is 0 Å². The Morgan fingerprint density at radius 3 is 2.74 bits per heavy atom. The number of para-hydroxylation sites is 1. The first kappa shape index (κ1) is 24.0. The largest absolute Gasteiger partial charge is 0.335 e. The van der Waals surface area contributed by atoms with Gasteiger partial charge in [-0.25, -0.2) is 4.98 Å². The number of benzene rings is 2. The van der Waals surface area contributed by atoms with Crippen LogP contribution in [0.2, 0.25) is 5.02 Å². The molecular weight excluding hydrogens is 452 g/mol. The minimum absolute atomic E-state index is 0.0444. The normalized spacial score (nSPS) is 16.8. The van der Waals surface area contributed by atoms with Crippen molar-refractivity contribution in [3.63, 3.8) is 0 Å². The third-order valence-corrected chi connectivity index (χ3v) is 6.83. The maximum absolute atomic E-state index is 13.4. The van der Waals surface area contributed by atoms with Crippen molar-refractivity contribution >= 4 is 40.0 Å². The van der Waals surface area contributed by atoms with E-state index < -0.39 is 5.92 Å². The molecule has 0 aliphatic carbocycles. The van der Waals surface area contributed by atoms with Gasteiger partial charge in [0.25, 0.3) is 5.56 Å². The predicted molar refractivity (Wildman–Crippen MR) is 134 cm³/mol. The number of fused-ring (bicyclic) bond motifs is 1. The van der Waals surface area contributed by atoms with Crippen molar-refractivity contribution in [2.45, 2.75) is 46.1 Å². The number of hydrogen-bond donors (Lipinski definition) is 1. The number of halogens is 1. The molecule has 1 aliphatic heterocycles. The van der Waals surface area contributed by atoms with Crippen molar-refractivity contribution in [3.05, 3.63) is 69.2 Å². The smallest absolute Gasteiger partial charge is 0.258 e. The molecule has 0 saturated carbocycles. The first-order valence-corrected chi connectivity index (χ1v) is 12.1. The van der Waals surface area contributed by atoms with Crippen LogP contribution in [0.15, 0.2) is 47.3 Å². The second-order valence-electron chi connectivity index (χ2n) is 8.80. The molecule has 1 N–H and O–H groups in total. The van der Waals surface area contributed by atoms with Crippen LogP contribution in [0.4, 0.5) is 5.69 Å². The molecule has 1 saturated heterocycles. The van der Waals surface area contributed by atoms with Crippen molar-refractivity contribution < 1.29 is 9.59 Å². The number of nitrogens with zero attached hydrogens (tertiary/aromatic N) is 3. The summed E-state index contributed by atoms with van der Waals surface area (Å²) in [6.45, 7) is 7.08. The number of hydrogen-bond acceptors (Lipinski definition) is 4. The van der Waals surface area contributed by atoms with E-state index in [2.05, 4.69) is 29.9 Å². The van der Waals surface area contributed by atoms with Gasteiger partial charge in [0.15, 0.2) is 0 Å². The summed E-state index contributed by atoms with van der Waals surface area (Å²) in [5, 5.41) is 0.932. The molecule has 1 aromatic heterocycles. The second-order valence-corrected chi connectivity index (χ2v) is 9.24. The zero-order valence-corrected chi connectivity index (χ0v) is 20.4. The lowest BCUT2D eigenvalue weighted by atomic mass is 9.96. The highest BCUT2D eigenvalue weighted by atomic mass is 35.5. The third-order valence-electron chi connectivity index (χ3n) is 6.60. The maximum atomic E-state index is 13.4. The highest BCUT2D eigenvalue weighted by molar-refractivity contribution is 6.31. The van der Waals surface area contributed by atoms with Crippen molar-refractivity contribution in [1.82, 2.24) is 14.9 Å². The summed E-state index contributed by atoms with van der Waals surface area (Å²) in [6.07, 6.45) is 1.13. The molecular formula is C26H29ClN4O3. The van der Waals surface area contributed by atoms with Gasteiger partial charge >= 0.3 is 0 Å². The molecule has 0 bridgehead atoms. The Kier molecular flexibility index (Phi) is 7.03. The van der Waals surface area contributed by atoms with Gasteiger partial charge in [-0.15, -0.1) is 0 Å². The molecule has 3 aromatic rings. The molecule has 1 aliphatic rings. The Morgan fingerprint density at radius 2 is 2.00 bits per heavy atom. The lowest BCUT2D eigenvalue weighted by Crippen LogP contribution is -2.38. The molecule has 0 spiro atoms. The summed E-state index contributed by atoms with van der Waals surface area (Å²) < 4.78 is 0. The van der Waals surface area contributed by atoms with E-state index in [1.54, 1.807) is 28.0 Å². The molecule has 7 nitrogen and oxygen atoms in total. The minimum Gasteiger partial charge on any atom is -0.335 e. The van der Waals surface area contributed by atoms with Crippen LogP contribution in [-0.2, 0) is 16.1 Å². The third kappa shape index (κ3) is 4.71. The number of carbonyl (C=O) groups excluding carboxylic acids is 2. The monoisotopic (exact) mass is 480 g/mol. The van der Waals surface area contributed by atoms with E-state index >= 15 is 0 Å². The van der Waals surface area contributed by atoms with Crippen molar-refractivity contribution in [2.24, 2.45) is 5.92 Å². The summed E-state index contributed by atoms with van der Waals surface area (Å²) in [6, 6.07) is 12.8. The number of anilines is 1. The number of aromatic nitrogens is 2. The first-order valence-electron chi connectivity index (χ1n) is 11.7. The van der Waals surface area contributed by atoms with Gasteiger partial charge in [-0.3, -0.25) is 14.4 Å². The Bertz CT molecular complexity index is 1290. The van der Waals surface area contributed by atoms with E-state index in [-0.39, 0.29) is 30.3 Å². The molecule has 2 aromatic carbocycles. The maximum Gasteiger partial charge on any atom is 0.258 e. The Hall–Kier alpha value is -3.19. The van der Waals surface area contributed by atoms with Crippen LogP contribution >= 0.6 is 11.6 Å². The zero-order valence-electron chi connectivity index (χ0n) is 19.7. The average molecular weight is 481 g/mol. The second kappa shape index (κ2) is 9.97. The summed E-state index contributed by atoms with van der Waals surface area (Å²) >= 11 is 6.06. The number of rotatable bonds is 7. The number of carbonyl (C=O) groups is 2. The molecule has 0 radical (unpaired) electrons. The fraction of sp³-hybridized carbons (Fsp3) is 0.385. The minimum atomic E-state index is -0.445. The standard InChI is InChI=1S/C26H29ClN4O3/c1-4-16(3)19-8-6-7-9-22(19)31-14-17(12-24(31)32)26(34)30(5-2)15-23-28-21-13-18(27)10-11-20(21)25(33)29-23/h6-11,13,16-17H,4-5,12,14-15H2,1-3H3,(H,28,29,33). The Morgan fingerprint density at radius 1 is 1.24 bits per heavy atom. The molecule has 2 amide bonds. The fourth-order valence-corrected chi connectivity index (χ4v) is 4.66. The van der Waals surface area contributed by atoms with Crippen molar-refractivity contribution in [3.8, 4) is 0 Å². The van der Waals surface area contributed by atoms with E-state index in [0.29, 0.717) is 40.8 Å². The summed E-state index contributed by atoms with van der Waals surface area (Å²) in [7, 11) is 0. The number of aromatic amines is 1. The lowest BCUT2D eigenvalue weighted by molar-refractivity contribution is -0.136. The zero-order chi connectivity index (χ0) is 24.4. The Balaban J connectivity index is 1.54. The molecule has 8 heteroatoms. The number of H-pyrrole nitrogens is 1. The van der Waals surface area contributed by atoms with Crippen molar-refractivity contribution in [1.29, 1.82) is 0 Å². The van der Waals surface area contributed by atoms with Gasteiger partial charge in [0.1, 0.15) is 5.82 Å². The van der Waals surface area contributed by atoms with E-state index in [0.717, 1.165) is 17.7 Å². The highest BCUT2D eigenvalue weighted by Crippen LogP contribution is 2.34. The van der Waals surface area contributed by atoms with Crippen LogP contribution in [0.3, 0.4) is 0 Å². The van der Waals surface area contributed by atoms with Gasteiger partial charge in [-0.05, 0) is 49.1 Å². The molecule has 2 atom stereocenters. The molecule has 178 valence electrons. The number of amides is 2. The summed E-state index contributed by atoms with van der Waals surface area (Å²) in [4.78, 5) is 49.4. The van der Waals surface area contributed by atoms with E-state index in [1.165, 1.54) is 0 Å². The van der Waals surface area contributed by atoms with Crippen LogP contribution in [0.25, 0.3) is 10.9 Å². The quantitative estimate of drug-likeness (QED) is 0.539. The fourth-order valence-electron chi connectivity index (χ4n) is 4.50. The topological polar surface area (TPSA) is 86.4 Å². The highest BCUT2D eigenvalue weighted by Gasteiger charge is 2.38. The van der Waals surface area contributed by atoms with Gasteiger partial charge in [0.05, 0.1) is 23.4 Å². The van der Waals surface area contributed by atoms with Crippen LogP contribution in [0.1, 0.15) is 50.9 Å². The van der Waals surface area contributed by atoms with Crippen LogP contribution < -0.4 is 10.5 Å². The molecule has 4 rings (SSSR count). The van der Waals surface area contributed by atoms with Gasteiger partial charge in [-0.1, -0.05) is 43.6 Å². The predicted octanol–water partition coefficient (Wildman–Crippen LogP) is 4.49. The van der Waals surface area contributed by atoms with Crippen LogP contribution in [-0.4, -0.2) is 39.8 Å². The number of nitrogens with one attached hydrogen (secondary N) is 1. The van der Waals surface area contributed by atoms with Gasteiger partial charge < -0.3 is 14.8 Å². The average Bonchev–Trinajstić information content (AvgIpc) is 3.22. The Labute approximate surface area is 203 Å². The van der Waals surface area contributed by atoms with Crippen LogP contribution in [0, 0.1) is 5.92 Å². The molecule has 34 heavy (non-hydrogen) atoms. The van der Waals surface area contributed by atoms with E-state index in [9.17, 15) is 14.4 Å². The lowest BCUT2D eigenvalue weighted by Gasteiger charge is -2.25. The molecule has 2 unspecified atom stereocenters. The van der Waals surface area contributed by atoms with Crippen molar-refractivity contribution in [2.75, 3.05) is 18.0 Å².